The molecular weight excluding hydrogens is 242 g/mol. The third-order valence-corrected chi connectivity index (χ3v) is 3.64. The van der Waals surface area contributed by atoms with E-state index < -0.39 is 0 Å². The Balaban J connectivity index is 3.94. The average molecular weight is 277 g/mol. The van der Waals surface area contributed by atoms with E-state index in [1.807, 2.05) is 0 Å². The number of allylic oxidation sites excluding steroid dienone is 5. The number of hydrogen-bond acceptors (Lipinski definition) is 1. The number of nitrogens with zero attached hydrogens (tertiary/aromatic N) is 1. The van der Waals surface area contributed by atoms with Crippen molar-refractivity contribution in [2.24, 2.45) is 5.92 Å². The quantitative estimate of drug-likeness (QED) is 0.446. The maximum Gasteiger partial charge on any atom is 0.0143 e. The Morgan fingerprint density at radius 1 is 1.00 bits per heavy atom. The van der Waals surface area contributed by atoms with Crippen molar-refractivity contribution in [2.45, 2.75) is 67.2 Å². The lowest BCUT2D eigenvalue weighted by Gasteiger charge is -2.15. The van der Waals surface area contributed by atoms with Crippen molar-refractivity contribution in [1.82, 2.24) is 4.90 Å². The maximum atomic E-state index is 2.42. The van der Waals surface area contributed by atoms with Gasteiger partial charge < -0.3 is 4.90 Å². The lowest BCUT2D eigenvalue weighted by Crippen LogP contribution is -2.15. The molecule has 0 saturated carbocycles. The van der Waals surface area contributed by atoms with Crippen LogP contribution in [0.4, 0.5) is 0 Å². The van der Waals surface area contributed by atoms with Crippen molar-refractivity contribution in [3.8, 4) is 0 Å². The fourth-order valence-corrected chi connectivity index (χ4v) is 2.08. The van der Waals surface area contributed by atoms with Gasteiger partial charge in [0.2, 0.25) is 0 Å². The molecule has 0 bridgehead atoms. The van der Waals surface area contributed by atoms with Crippen molar-refractivity contribution in [1.29, 1.82) is 0 Å². The highest BCUT2D eigenvalue weighted by molar-refractivity contribution is 5.02. The van der Waals surface area contributed by atoms with Crippen LogP contribution in [0.25, 0.3) is 0 Å². The van der Waals surface area contributed by atoms with Crippen molar-refractivity contribution in [3.63, 3.8) is 0 Å². The topological polar surface area (TPSA) is 3.24 Å². The molecule has 1 heteroatoms. The highest BCUT2D eigenvalue weighted by atomic mass is 15.1. The van der Waals surface area contributed by atoms with Crippen LogP contribution in [0, 0.1) is 5.92 Å². The highest BCUT2D eigenvalue weighted by Gasteiger charge is 1.97. The predicted octanol–water partition coefficient (Wildman–Crippen LogP) is 5.95. The Morgan fingerprint density at radius 2 is 1.65 bits per heavy atom. The first kappa shape index (κ1) is 19.0. The molecule has 1 unspecified atom stereocenters. The van der Waals surface area contributed by atoms with Crippen molar-refractivity contribution < 1.29 is 0 Å². The predicted molar refractivity (Wildman–Crippen MR) is 92.9 cm³/mol. The van der Waals surface area contributed by atoms with Gasteiger partial charge in [0.05, 0.1) is 0 Å². The van der Waals surface area contributed by atoms with Crippen LogP contribution in [0.15, 0.2) is 35.6 Å². The molecule has 0 rings (SSSR count). The molecular formula is C19H35N. The van der Waals surface area contributed by atoms with Gasteiger partial charge in [0, 0.05) is 13.1 Å². The first-order valence-electron chi connectivity index (χ1n) is 8.20. The van der Waals surface area contributed by atoms with Gasteiger partial charge in [0.15, 0.2) is 0 Å². The summed E-state index contributed by atoms with van der Waals surface area (Å²) in [6.07, 6.45) is 14.2. The van der Waals surface area contributed by atoms with E-state index in [0.717, 1.165) is 13.1 Å². The Labute approximate surface area is 127 Å². The maximum absolute atomic E-state index is 2.42. The van der Waals surface area contributed by atoms with E-state index in [1.54, 1.807) is 0 Å². The standard InChI is InChI=1S/C19H35N/c1-7-20(8-2)16-15-19(6)14-10-13-18(5)12-9-11-17(3)4/h11,13,15-16,19H,7-10,12,14H2,1-6H3. The Hall–Kier alpha value is -0.980. The molecule has 0 fully saturated rings. The van der Waals surface area contributed by atoms with Crippen molar-refractivity contribution in [3.05, 3.63) is 35.6 Å². The lowest BCUT2D eigenvalue weighted by atomic mass is 10.0. The van der Waals surface area contributed by atoms with E-state index in [-0.39, 0.29) is 0 Å². The summed E-state index contributed by atoms with van der Waals surface area (Å²) in [6.45, 7) is 15.5. The van der Waals surface area contributed by atoms with Gasteiger partial charge in [0.25, 0.3) is 0 Å². The van der Waals surface area contributed by atoms with Crippen LogP contribution >= 0.6 is 0 Å². The molecule has 0 radical (unpaired) electrons. The summed E-state index contributed by atoms with van der Waals surface area (Å²) in [5, 5.41) is 0. The number of hydrogen-bond donors (Lipinski definition) is 0. The van der Waals surface area contributed by atoms with Gasteiger partial charge in [0.1, 0.15) is 0 Å². The Bertz CT molecular complexity index is 315. The zero-order valence-electron chi connectivity index (χ0n) is 14.6. The third kappa shape index (κ3) is 10.9. The second-order valence-corrected chi connectivity index (χ2v) is 5.99. The van der Waals surface area contributed by atoms with Crippen LogP contribution in [0.1, 0.15) is 67.2 Å². The van der Waals surface area contributed by atoms with Gasteiger partial charge in [-0.15, -0.1) is 0 Å². The molecule has 0 aliphatic heterocycles. The van der Waals surface area contributed by atoms with Crippen LogP contribution in [-0.4, -0.2) is 18.0 Å². The molecule has 116 valence electrons. The monoisotopic (exact) mass is 277 g/mol. The first-order valence-corrected chi connectivity index (χ1v) is 8.20. The molecule has 0 aliphatic carbocycles. The molecule has 0 aliphatic rings. The van der Waals surface area contributed by atoms with E-state index in [4.69, 9.17) is 0 Å². The summed E-state index contributed by atoms with van der Waals surface area (Å²) in [4.78, 5) is 2.34. The highest BCUT2D eigenvalue weighted by Crippen LogP contribution is 2.12. The molecule has 0 aromatic rings. The molecule has 1 nitrogen and oxygen atoms in total. The SMILES string of the molecule is CCN(C=CC(C)CCC=C(C)CCC=C(C)C)CC. The average Bonchev–Trinajstić information content (AvgIpc) is 2.39. The van der Waals surface area contributed by atoms with Gasteiger partial charge in [-0.2, -0.15) is 0 Å². The van der Waals surface area contributed by atoms with Crippen LogP contribution in [0.3, 0.4) is 0 Å². The zero-order chi connectivity index (χ0) is 15.4. The molecule has 0 amide bonds. The minimum absolute atomic E-state index is 0.664. The van der Waals surface area contributed by atoms with Crippen LogP contribution in [0.5, 0.6) is 0 Å². The molecule has 0 aromatic carbocycles. The fraction of sp³-hybridized carbons (Fsp3) is 0.684. The van der Waals surface area contributed by atoms with Gasteiger partial charge in [-0.1, -0.05) is 36.3 Å². The second-order valence-electron chi connectivity index (χ2n) is 5.99. The minimum Gasteiger partial charge on any atom is -0.378 e. The van der Waals surface area contributed by atoms with Gasteiger partial charge in [-0.05, 0) is 72.4 Å². The molecule has 0 N–H and O–H groups in total. The summed E-state index contributed by atoms with van der Waals surface area (Å²) in [5.41, 5.74) is 2.95. The summed E-state index contributed by atoms with van der Waals surface area (Å²) in [6, 6.07) is 0. The van der Waals surface area contributed by atoms with Gasteiger partial charge in [-0.25, -0.2) is 0 Å². The first-order chi connectivity index (χ1) is 9.49. The molecule has 0 heterocycles. The van der Waals surface area contributed by atoms with Gasteiger partial charge >= 0.3 is 0 Å². The Morgan fingerprint density at radius 3 is 2.20 bits per heavy atom. The number of rotatable bonds is 10. The molecule has 20 heavy (non-hydrogen) atoms. The van der Waals surface area contributed by atoms with E-state index in [9.17, 15) is 0 Å². The lowest BCUT2D eigenvalue weighted by molar-refractivity contribution is 0.414. The van der Waals surface area contributed by atoms with E-state index in [1.165, 1.54) is 36.8 Å². The third-order valence-electron chi connectivity index (χ3n) is 3.64. The molecule has 0 aromatic heterocycles. The summed E-state index contributed by atoms with van der Waals surface area (Å²) >= 11 is 0. The van der Waals surface area contributed by atoms with E-state index in [0.29, 0.717) is 5.92 Å². The molecule has 1 atom stereocenters. The molecule has 0 spiro atoms. The summed E-state index contributed by atoms with van der Waals surface area (Å²) < 4.78 is 0. The van der Waals surface area contributed by atoms with Crippen molar-refractivity contribution in [2.75, 3.05) is 13.1 Å². The normalized spacial score (nSPS) is 13.6. The van der Waals surface area contributed by atoms with Gasteiger partial charge in [-0.3, -0.25) is 0 Å². The van der Waals surface area contributed by atoms with Crippen LogP contribution < -0.4 is 0 Å². The zero-order valence-corrected chi connectivity index (χ0v) is 14.6. The fourth-order valence-electron chi connectivity index (χ4n) is 2.08. The van der Waals surface area contributed by atoms with E-state index in [2.05, 4.69) is 70.9 Å². The van der Waals surface area contributed by atoms with Crippen LogP contribution in [-0.2, 0) is 0 Å². The smallest absolute Gasteiger partial charge is 0.0143 e. The van der Waals surface area contributed by atoms with Crippen LogP contribution in [0.2, 0.25) is 0 Å². The largest absolute Gasteiger partial charge is 0.378 e. The van der Waals surface area contributed by atoms with E-state index >= 15 is 0 Å². The van der Waals surface area contributed by atoms with Crippen molar-refractivity contribution >= 4 is 0 Å². The summed E-state index contributed by atoms with van der Waals surface area (Å²) in [7, 11) is 0. The Kier molecular flexibility index (Phi) is 11.2. The molecule has 0 saturated heterocycles. The minimum atomic E-state index is 0.664. The second kappa shape index (κ2) is 11.8. The summed E-state index contributed by atoms with van der Waals surface area (Å²) in [5.74, 6) is 0.664.